The molecule has 1 N–H and O–H groups in total. The van der Waals surface area contributed by atoms with E-state index in [1.54, 1.807) is 55.6 Å². The number of quaternary nitrogens is 1. The monoisotopic (exact) mass is 477 g/mol. The van der Waals surface area contributed by atoms with Crippen LogP contribution in [0.25, 0.3) is 5.76 Å². The summed E-state index contributed by atoms with van der Waals surface area (Å²) in [5.41, 5.74) is -0.783. The first-order valence-corrected chi connectivity index (χ1v) is 11.9. The Morgan fingerprint density at radius 1 is 1.06 bits per heavy atom. The number of likely N-dealkylation sites (tertiary alicyclic amines) is 1. The van der Waals surface area contributed by atoms with Crippen molar-refractivity contribution in [2.24, 2.45) is 0 Å². The summed E-state index contributed by atoms with van der Waals surface area (Å²) in [6.07, 6.45) is 1.42. The molecule has 2 aliphatic rings. The van der Waals surface area contributed by atoms with Crippen molar-refractivity contribution in [3.05, 3.63) is 65.2 Å². The zero-order valence-corrected chi connectivity index (χ0v) is 20.6. The molecule has 8 nitrogen and oxygen atoms in total. The van der Waals surface area contributed by atoms with Crippen molar-refractivity contribution < 1.29 is 29.1 Å². The normalized spacial score (nSPS) is 20.9. The van der Waals surface area contributed by atoms with Crippen LogP contribution in [-0.4, -0.2) is 63.3 Å². The lowest BCUT2D eigenvalue weighted by molar-refractivity contribution is -0.858. The van der Waals surface area contributed by atoms with Crippen molar-refractivity contribution in [3.8, 4) is 5.75 Å². The lowest BCUT2D eigenvalue weighted by Gasteiger charge is -2.36. The van der Waals surface area contributed by atoms with E-state index in [2.05, 4.69) is 0 Å². The summed E-state index contributed by atoms with van der Waals surface area (Å²) in [7, 11) is 5.59. The SMILES string of the molecule is CCCOc1ccc(C([O-])=C2C(=O)C(=O)N(CCC[NH+](C)C)C23C(=O)N(C)c2ccccc23)cc1. The summed E-state index contributed by atoms with van der Waals surface area (Å²) in [5, 5.41) is 13.8. The van der Waals surface area contributed by atoms with E-state index < -0.39 is 28.9 Å². The quantitative estimate of drug-likeness (QED) is 0.337. The van der Waals surface area contributed by atoms with Gasteiger partial charge < -0.3 is 24.5 Å². The highest BCUT2D eigenvalue weighted by Crippen LogP contribution is 2.52. The highest BCUT2D eigenvalue weighted by atomic mass is 16.5. The van der Waals surface area contributed by atoms with E-state index >= 15 is 0 Å². The third-order valence-corrected chi connectivity index (χ3v) is 6.58. The maximum Gasteiger partial charge on any atom is 0.296 e. The zero-order valence-electron chi connectivity index (χ0n) is 20.6. The second kappa shape index (κ2) is 9.54. The van der Waals surface area contributed by atoms with Crippen LogP contribution in [0.3, 0.4) is 0 Å². The number of ketones is 1. The molecule has 35 heavy (non-hydrogen) atoms. The van der Waals surface area contributed by atoms with Gasteiger partial charge in [0.25, 0.3) is 11.8 Å². The van der Waals surface area contributed by atoms with Crippen molar-refractivity contribution in [3.63, 3.8) is 0 Å². The maximum absolute atomic E-state index is 13.9. The van der Waals surface area contributed by atoms with Gasteiger partial charge in [-0.3, -0.25) is 14.4 Å². The summed E-state index contributed by atoms with van der Waals surface area (Å²) >= 11 is 0. The van der Waals surface area contributed by atoms with Crippen LogP contribution < -0.4 is 19.6 Å². The minimum absolute atomic E-state index is 0.185. The van der Waals surface area contributed by atoms with Gasteiger partial charge in [-0.15, -0.1) is 0 Å². The van der Waals surface area contributed by atoms with Crippen LogP contribution in [0.15, 0.2) is 54.1 Å². The molecular formula is C27H31N3O5. The zero-order chi connectivity index (χ0) is 25.3. The van der Waals surface area contributed by atoms with E-state index in [0.29, 0.717) is 30.0 Å². The molecule has 2 heterocycles. The van der Waals surface area contributed by atoms with Crippen molar-refractivity contribution in [1.29, 1.82) is 0 Å². The standard InChI is InChI=1S/C27H31N3O5/c1-5-17-35-19-13-11-18(12-14-19)23(31)22-24(32)25(33)30(16-8-15-28(2)3)27(22)20-9-6-7-10-21(20)29(4)26(27)34/h6-7,9-14,31H,5,8,15-17H2,1-4H3. The number of anilines is 1. The van der Waals surface area contributed by atoms with Crippen LogP contribution in [-0.2, 0) is 19.9 Å². The third-order valence-electron chi connectivity index (χ3n) is 6.58. The van der Waals surface area contributed by atoms with E-state index in [4.69, 9.17) is 4.74 Å². The van der Waals surface area contributed by atoms with Gasteiger partial charge in [0.05, 0.1) is 27.2 Å². The van der Waals surface area contributed by atoms with Crippen LogP contribution in [0.5, 0.6) is 5.75 Å². The fourth-order valence-corrected chi connectivity index (χ4v) is 4.92. The largest absolute Gasteiger partial charge is 0.872 e. The second-order valence-corrected chi connectivity index (χ2v) is 9.27. The molecule has 2 amide bonds. The van der Waals surface area contributed by atoms with Crippen molar-refractivity contribution in [2.45, 2.75) is 25.3 Å². The Morgan fingerprint density at radius 3 is 2.40 bits per heavy atom. The molecule has 0 bridgehead atoms. The van der Waals surface area contributed by atoms with E-state index in [1.165, 1.54) is 14.7 Å². The van der Waals surface area contributed by atoms with Gasteiger partial charge in [-0.1, -0.05) is 43.0 Å². The number of nitrogens with zero attached hydrogens (tertiary/aromatic N) is 2. The number of amides is 2. The van der Waals surface area contributed by atoms with Crippen LogP contribution in [0.1, 0.15) is 30.9 Å². The summed E-state index contributed by atoms with van der Waals surface area (Å²) in [5.74, 6) is -2.22. The summed E-state index contributed by atoms with van der Waals surface area (Å²) in [6.45, 7) is 3.46. The molecule has 1 saturated heterocycles. The Morgan fingerprint density at radius 2 is 1.74 bits per heavy atom. The molecule has 0 aromatic heterocycles. The molecule has 1 fully saturated rings. The van der Waals surface area contributed by atoms with Crippen molar-refractivity contribution >= 4 is 29.0 Å². The first-order valence-electron chi connectivity index (χ1n) is 11.9. The third kappa shape index (κ3) is 3.87. The Labute approximate surface area is 205 Å². The van der Waals surface area contributed by atoms with Crippen molar-refractivity contribution in [1.82, 2.24) is 4.90 Å². The van der Waals surface area contributed by atoms with Gasteiger partial charge in [-0.05, 0) is 30.2 Å². The van der Waals surface area contributed by atoms with E-state index in [9.17, 15) is 19.5 Å². The molecule has 4 rings (SSSR count). The molecule has 2 aromatic carbocycles. The van der Waals surface area contributed by atoms with Crippen molar-refractivity contribution in [2.75, 3.05) is 45.7 Å². The number of carbonyl (C=O) groups is 3. The number of rotatable bonds is 8. The second-order valence-electron chi connectivity index (χ2n) is 9.27. The number of Topliss-reactive ketones (excluding diaryl/α,β-unsaturated/α-hetero) is 1. The minimum Gasteiger partial charge on any atom is -0.872 e. The number of benzene rings is 2. The molecule has 184 valence electrons. The summed E-state index contributed by atoms with van der Waals surface area (Å²) in [6, 6.07) is 13.5. The summed E-state index contributed by atoms with van der Waals surface area (Å²) in [4.78, 5) is 44.5. The molecule has 1 atom stereocenters. The average molecular weight is 478 g/mol. The van der Waals surface area contributed by atoms with Crippen LogP contribution in [0.4, 0.5) is 5.69 Å². The molecular weight excluding hydrogens is 446 g/mol. The number of ether oxygens (including phenoxy) is 1. The molecule has 0 radical (unpaired) electrons. The highest BCUT2D eigenvalue weighted by molar-refractivity contribution is 6.49. The van der Waals surface area contributed by atoms with Gasteiger partial charge in [-0.25, -0.2) is 0 Å². The van der Waals surface area contributed by atoms with Gasteiger partial charge in [0, 0.05) is 36.8 Å². The van der Waals surface area contributed by atoms with E-state index in [0.717, 1.165) is 13.0 Å². The first-order chi connectivity index (χ1) is 16.7. The first kappa shape index (κ1) is 24.5. The molecule has 1 spiro atoms. The number of carbonyl (C=O) groups excluding carboxylic acids is 3. The number of fused-ring (bicyclic) bond motifs is 2. The number of hydrogen-bond acceptors (Lipinski definition) is 5. The molecule has 8 heteroatoms. The number of likely N-dealkylation sites (N-methyl/N-ethyl adjacent to an activating group) is 1. The van der Waals surface area contributed by atoms with Gasteiger partial charge in [0.2, 0.25) is 5.78 Å². The van der Waals surface area contributed by atoms with Gasteiger partial charge >= 0.3 is 0 Å². The summed E-state index contributed by atoms with van der Waals surface area (Å²) < 4.78 is 5.59. The predicted octanol–water partition coefficient (Wildman–Crippen LogP) is 0.365. The average Bonchev–Trinajstić information content (AvgIpc) is 3.21. The lowest BCUT2D eigenvalue weighted by Crippen LogP contribution is -3.05. The molecule has 2 aromatic rings. The Bertz CT molecular complexity index is 1190. The van der Waals surface area contributed by atoms with Gasteiger partial charge in [0.1, 0.15) is 5.75 Å². The van der Waals surface area contributed by atoms with Crippen LogP contribution >= 0.6 is 0 Å². The maximum atomic E-state index is 13.9. The fraction of sp³-hybridized carbons (Fsp3) is 0.370. The topological polar surface area (TPSA) is 94.4 Å². The number of para-hydroxylation sites is 1. The lowest BCUT2D eigenvalue weighted by atomic mass is 9.82. The Balaban J connectivity index is 1.89. The van der Waals surface area contributed by atoms with E-state index in [-0.39, 0.29) is 17.7 Å². The number of hydrogen-bond donors (Lipinski definition) is 1. The Hall–Kier alpha value is -3.65. The fourth-order valence-electron chi connectivity index (χ4n) is 4.92. The van der Waals surface area contributed by atoms with Gasteiger partial charge in [0.15, 0.2) is 5.54 Å². The Kier molecular flexibility index (Phi) is 6.67. The minimum atomic E-state index is -1.77. The number of nitrogens with one attached hydrogen (secondary N) is 1. The molecule has 1 unspecified atom stereocenters. The molecule has 0 saturated carbocycles. The molecule has 0 aliphatic carbocycles. The van der Waals surface area contributed by atoms with Gasteiger partial charge in [-0.2, -0.15) is 0 Å². The molecule has 2 aliphatic heterocycles. The van der Waals surface area contributed by atoms with E-state index in [1.807, 2.05) is 21.0 Å². The highest BCUT2D eigenvalue weighted by Gasteiger charge is 2.65. The smallest absolute Gasteiger partial charge is 0.296 e. The van der Waals surface area contributed by atoms with Crippen LogP contribution in [0.2, 0.25) is 0 Å². The predicted molar refractivity (Wildman–Crippen MR) is 130 cm³/mol. The van der Waals surface area contributed by atoms with Crippen LogP contribution in [0, 0.1) is 0 Å².